The number of nitrogens with one attached hydrogen (secondary N) is 1. The van der Waals surface area contributed by atoms with E-state index in [0.29, 0.717) is 18.4 Å². The molecular weight excluding hydrogens is 215 g/mol. The highest BCUT2D eigenvalue weighted by molar-refractivity contribution is 5.55. The van der Waals surface area contributed by atoms with Crippen molar-refractivity contribution in [3.05, 3.63) is 29.6 Å². The fourth-order valence-electron chi connectivity index (χ4n) is 2.52. The van der Waals surface area contributed by atoms with Gasteiger partial charge in [-0.15, -0.1) is 0 Å². The Bertz CT molecular complexity index is 382. The zero-order valence-electron chi connectivity index (χ0n) is 10.8. The van der Waals surface area contributed by atoms with Crippen LogP contribution in [-0.4, -0.2) is 20.1 Å². The molecule has 1 fully saturated rings. The summed E-state index contributed by atoms with van der Waals surface area (Å²) in [5.74, 6) is 1.26. The lowest BCUT2D eigenvalue weighted by atomic mass is 10.0. The van der Waals surface area contributed by atoms with Gasteiger partial charge >= 0.3 is 0 Å². The van der Waals surface area contributed by atoms with Crippen LogP contribution in [0.1, 0.15) is 19.4 Å². The zero-order chi connectivity index (χ0) is 12.4. The molecule has 1 heterocycles. The van der Waals surface area contributed by atoms with Gasteiger partial charge in [0.2, 0.25) is 0 Å². The van der Waals surface area contributed by atoms with E-state index in [1.165, 1.54) is 0 Å². The topological polar surface area (TPSA) is 15.3 Å². The summed E-state index contributed by atoms with van der Waals surface area (Å²) in [7, 11) is 1.85. The van der Waals surface area contributed by atoms with Gasteiger partial charge in [0.05, 0.1) is 0 Å². The van der Waals surface area contributed by atoms with Crippen molar-refractivity contribution in [3.8, 4) is 0 Å². The van der Waals surface area contributed by atoms with Crippen LogP contribution >= 0.6 is 0 Å². The van der Waals surface area contributed by atoms with Gasteiger partial charge in [0.25, 0.3) is 0 Å². The van der Waals surface area contributed by atoms with Crippen molar-refractivity contribution >= 4 is 5.69 Å². The maximum absolute atomic E-state index is 13.8. The summed E-state index contributed by atoms with van der Waals surface area (Å²) >= 11 is 0. The Morgan fingerprint density at radius 1 is 1.29 bits per heavy atom. The highest BCUT2D eigenvalue weighted by atomic mass is 19.1. The first-order chi connectivity index (χ1) is 8.13. The van der Waals surface area contributed by atoms with Gasteiger partial charge < -0.3 is 10.2 Å². The molecule has 0 saturated carbocycles. The van der Waals surface area contributed by atoms with E-state index in [2.05, 4.69) is 24.1 Å². The van der Waals surface area contributed by atoms with E-state index in [4.69, 9.17) is 0 Å². The molecule has 1 aromatic rings. The lowest BCUT2D eigenvalue weighted by Gasteiger charge is -2.22. The molecule has 17 heavy (non-hydrogen) atoms. The predicted molar refractivity (Wildman–Crippen MR) is 69.7 cm³/mol. The summed E-state index contributed by atoms with van der Waals surface area (Å²) in [6.45, 7) is 7.17. The van der Waals surface area contributed by atoms with E-state index in [1.807, 2.05) is 13.1 Å². The van der Waals surface area contributed by atoms with Gasteiger partial charge in [0, 0.05) is 30.9 Å². The van der Waals surface area contributed by atoms with Crippen LogP contribution in [0.3, 0.4) is 0 Å². The van der Waals surface area contributed by atoms with Crippen LogP contribution in [0.5, 0.6) is 0 Å². The van der Waals surface area contributed by atoms with Crippen LogP contribution in [0.15, 0.2) is 18.2 Å². The predicted octanol–water partition coefficient (Wildman–Crippen LogP) is 2.64. The third-order valence-corrected chi connectivity index (χ3v) is 3.78. The third-order valence-electron chi connectivity index (χ3n) is 3.78. The SMILES string of the molecule is CNCc1c(F)cccc1N1CC(C)C(C)C1. The summed E-state index contributed by atoms with van der Waals surface area (Å²) in [4.78, 5) is 2.31. The summed E-state index contributed by atoms with van der Waals surface area (Å²) in [5.41, 5.74) is 1.84. The number of hydrogen-bond acceptors (Lipinski definition) is 2. The van der Waals surface area contributed by atoms with E-state index in [-0.39, 0.29) is 5.82 Å². The third kappa shape index (κ3) is 2.44. The summed E-state index contributed by atoms with van der Waals surface area (Å²) in [5, 5.41) is 3.04. The molecule has 0 bridgehead atoms. The average molecular weight is 236 g/mol. The average Bonchev–Trinajstić information content (AvgIpc) is 2.62. The van der Waals surface area contributed by atoms with Crippen molar-refractivity contribution in [3.63, 3.8) is 0 Å². The minimum Gasteiger partial charge on any atom is -0.371 e. The van der Waals surface area contributed by atoms with Gasteiger partial charge in [-0.1, -0.05) is 19.9 Å². The number of rotatable bonds is 3. The van der Waals surface area contributed by atoms with Gasteiger partial charge in [-0.2, -0.15) is 0 Å². The maximum Gasteiger partial charge on any atom is 0.129 e. The van der Waals surface area contributed by atoms with Gasteiger partial charge in [-0.25, -0.2) is 4.39 Å². The first kappa shape index (κ1) is 12.4. The minimum atomic E-state index is -0.107. The molecule has 2 atom stereocenters. The van der Waals surface area contributed by atoms with E-state index in [1.54, 1.807) is 12.1 Å². The van der Waals surface area contributed by atoms with Crippen LogP contribution in [0, 0.1) is 17.7 Å². The molecule has 1 aliphatic heterocycles. The van der Waals surface area contributed by atoms with E-state index in [0.717, 1.165) is 24.3 Å². The summed E-state index contributed by atoms with van der Waals surface area (Å²) in [6.07, 6.45) is 0. The fraction of sp³-hybridized carbons (Fsp3) is 0.571. The number of halogens is 1. The van der Waals surface area contributed by atoms with Gasteiger partial charge in [-0.05, 0) is 31.0 Å². The Morgan fingerprint density at radius 3 is 2.53 bits per heavy atom. The molecule has 0 amide bonds. The van der Waals surface area contributed by atoms with E-state index in [9.17, 15) is 4.39 Å². The van der Waals surface area contributed by atoms with E-state index >= 15 is 0 Å². The summed E-state index contributed by atoms with van der Waals surface area (Å²) < 4.78 is 13.8. The van der Waals surface area contributed by atoms with Crippen molar-refractivity contribution in [1.82, 2.24) is 5.32 Å². The first-order valence-electron chi connectivity index (χ1n) is 6.30. The van der Waals surface area contributed by atoms with Crippen molar-refractivity contribution in [2.24, 2.45) is 11.8 Å². The van der Waals surface area contributed by atoms with Crippen LogP contribution in [0.25, 0.3) is 0 Å². The molecule has 1 N–H and O–H groups in total. The van der Waals surface area contributed by atoms with Crippen molar-refractivity contribution < 1.29 is 4.39 Å². The van der Waals surface area contributed by atoms with Gasteiger partial charge in [0.15, 0.2) is 0 Å². The van der Waals surface area contributed by atoms with Crippen molar-refractivity contribution in [1.29, 1.82) is 0 Å². The molecule has 0 aromatic heterocycles. The first-order valence-corrected chi connectivity index (χ1v) is 6.30. The van der Waals surface area contributed by atoms with Gasteiger partial charge in [-0.3, -0.25) is 0 Å². The van der Waals surface area contributed by atoms with Crippen LogP contribution in [0.4, 0.5) is 10.1 Å². The number of nitrogens with zero attached hydrogens (tertiary/aromatic N) is 1. The van der Waals surface area contributed by atoms with Crippen LogP contribution in [-0.2, 0) is 6.54 Å². The molecule has 1 aliphatic rings. The molecule has 0 radical (unpaired) electrons. The minimum absolute atomic E-state index is 0.107. The van der Waals surface area contributed by atoms with Gasteiger partial charge in [0.1, 0.15) is 5.82 Å². The normalized spacial score (nSPS) is 24.4. The molecule has 0 spiro atoms. The number of hydrogen-bond donors (Lipinski definition) is 1. The second-order valence-corrected chi connectivity index (χ2v) is 5.13. The Morgan fingerprint density at radius 2 is 1.94 bits per heavy atom. The molecule has 94 valence electrons. The van der Waals surface area contributed by atoms with E-state index < -0.39 is 0 Å². The second kappa shape index (κ2) is 5.05. The molecule has 3 heteroatoms. The Hall–Kier alpha value is -1.09. The van der Waals surface area contributed by atoms with Crippen molar-refractivity contribution in [2.45, 2.75) is 20.4 Å². The highest BCUT2D eigenvalue weighted by Crippen LogP contribution is 2.31. The lowest BCUT2D eigenvalue weighted by molar-refractivity contribution is 0.494. The zero-order valence-corrected chi connectivity index (χ0v) is 10.8. The van der Waals surface area contributed by atoms with Crippen LogP contribution < -0.4 is 10.2 Å². The Labute approximate surface area is 103 Å². The smallest absolute Gasteiger partial charge is 0.129 e. The molecule has 2 nitrogen and oxygen atoms in total. The quantitative estimate of drug-likeness (QED) is 0.868. The Kier molecular flexibility index (Phi) is 3.67. The molecule has 0 aliphatic carbocycles. The van der Waals surface area contributed by atoms with Crippen LogP contribution in [0.2, 0.25) is 0 Å². The summed E-state index contributed by atoms with van der Waals surface area (Å²) in [6, 6.07) is 5.37. The molecule has 1 saturated heterocycles. The Balaban J connectivity index is 2.29. The standard InChI is InChI=1S/C14H21FN2/c1-10-8-17(9-11(10)2)14-6-4-5-13(15)12(14)7-16-3/h4-6,10-11,16H,7-9H2,1-3H3. The molecular formula is C14H21FN2. The molecule has 1 aromatic carbocycles. The number of anilines is 1. The maximum atomic E-state index is 13.8. The highest BCUT2D eigenvalue weighted by Gasteiger charge is 2.27. The monoisotopic (exact) mass is 236 g/mol. The molecule has 2 unspecified atom stereocenters. The lowest BCUT2D eigenvalue weighted by Crippen LogP contribution is -2.23. The molecule has 2 rings (SSSR count). The van der Waals surface area contributed by atoms with Crippen molar-refractivity contribution in [2.75, 3.05) is 25.0 Å². The fourth-order valence-corrected chi connectivity index (χ4v) is 2.52. The largest absolute Gasteiger partial charge is 0.371 e. The number of benzene rings is 1. The second-order valence-electron chi connectivity index (χ2n) is 5.13.